The van der Waals surface area contributed by atoms with Gasteiger partial charge in [0.25, 0.3) is 0 Å². The summed E-state index contributed by atoms with van der Waals surface area (Å²) in [7, 11) is 0. The molecule has 1 aromatic carbocycles. The molecule has 0 saturated heterocycles. The summed E-state index contributed by atoms with van der Waals surface area (Å²) >= 11 is 3.28. The van der Waals surface area contributed by atoms with Crippen molar-refractivity contribution in [3.8, 4) is 0 Å². The number of carboxylic acids is 1. The van der Waals surface area contributed by atoms with Crippen LogP contribution in [0.3, 0.4) is 0 Å². The molecule has 3 nitrogen and oxygen atoms in total. The summed E-state index contributed by atoms with van der Waals surface area (Å²) in [5.74, 6) is -1.31. The smallest absolute Gasteiger partial charge is 0.335 e. The SMILES string of the molecule is CC(=O)c1ccc(Br)cc1.O=C(O)CF. The first-order valence-electron chi connectivity index (χ1n) is 4.01. The maximum Gasteiger partial charge on any atom is 0.335 e. The maximum absolute atomic E-state index is 10.7. The average molecular weight is 277 g/mol. The van der Waals surface area contributed by atoms with Gasteiger partial charge in [0.05, 0.1) is 0 Å². The van der Waals surface area contributed by atoms with E-state index < -0.39 is 12.6 Å². The van der Waals surface area contributed by atoms with Gasteiger partial charge in [-0.1, -0.05) is 28.1 Å². The molecule has 0 fully saturated rings. The molecule has 0 aliphatic rings. The largest absolute Gasteiger partial charge is 0.479 e. The summed E-state index contributed by atoms with van der Waals surface area (Å²) < 4.78 is 11.5. The third kappa shape index (κ3) is 6.79. The summed E-state index contributed by atoms with van der Waals surface area (Å²) in [4.78, 5) is 19.7. The Balaban J connectivity index is 0.000000336. The number of benzene rings is 1. The molecule has 82 valence electrons. The summed E-state index contributed by atoms with van der Waals surface area (Å²) in [6, 6.07) is 7.31. The van der Waals surface area contributed by atoms with E-state index in [0.717, 1.165) is 10.0 Å². The zero-order chi connectivity index (χ0) is 11.8. The van der Waals surface area contributed by atoms with Crippen molar-refractivity contribution in [2.75, 3.05) is 6.67 Å². The van der Waals surface area contributed by atoms with Gasteiger partial charge in [0.1, 0.15) is 0 Å². The van der Waals surface area contributed by atoms with Crippen molar-refractivity contribution in [1.82, 2.24) is 0 Å². The van der Waals surface area contributed by atoms with Crippen molar-refractivity contribution in [2.24, 2.45) is 0 Å². The molecular weight excluding hydrogens is 267 g/mol. The monoisotopic (exact) mass is 276 g/mol. The highest BCUT2D eigenvalue weighted by atomic mass is 79.9. The summed E-state index contributed by atoms with van der Waals surface area (Å²) in [6.45, 7) is 0.281. The molecule has 0 saturated carbocycles. The van der Waals surface area contributed by atoms with Gasteiger partial charge in [0.2, 0.25) is 0 Å². The fourth-order valence-corrected chi connectivity index (χ4v) is 0.949. The summed E-state index contributed by atoms with van der Waals surface area (Å²) in [6.07, 6.45) is 0. The van der Waals surface area contributed by atoms with E-state index >= 15 is 0 Å². The van der Waals surface area contributed by atoms with Gasteiger partial charge in [-0.25, -0.2) is 9.18 Å². The van der Waals surface area contributed by atoms with Crippen LogP contribution in [0.1, 0.15) is 17.3 Å². The fourth-order valence-electron chi connectivity index (χ4n) is 0.685. The predicted molar refractivity (Wildman–Crippen MR) is 57.8 cm³/mol. The lowest BCUT2D eigenvalue weighted by atomic mass is 10.2. The van der Waals surface area contributed by atoms with Crippen LogP contribution in [0.15, 0.2) is 28.7 Å². The minimum atomic E-state index is -1.41. The van der Waals surface area contributed by atoms with Crippen molar-refractivity contribution < 1.29 is 19.1 Å². The normalized spacial score (nSPS) is 8.73. The highest BCUT2D eigenvalue weighted by Crippen LogP contribution is 2.10. The molecule has 1 aromatic rings. The second-order valence-electron chi connectivity index (χ2n) is 2.59. The number of alkyl halides is 1. The molecule has 0 bridgehead atoms. The second kappa shape index (κ2) is 7.11. The Hall–Kier alpha value is -1.23. The van der Waals surface area contributed by atoms with Crippen LogP contribution in [0.2, 0.25) is 0 Å². The fraction of sp³-hybridized carbons (Fsp3) is 0.200. The number of ketones is 1. The van der Waals surface area contributed by atoms with Crippen LogP contribution in [0.5, 0.6) is 0 Å². The number of hydrogen-bond donors (Lipinski definition) is 1. The van der Waals surface area contributed by atoms with Crippen LogP contribution < -0.4 is 0 Å². The minimum Gasteiger partial charge on any atom is -0.479 e. The lowest BCUT2D eigenvalue weighted by molar-refractivity contribution is -0.137. The topological polar surface area (TPSA) is 54.4 Å². The molecule has 15 heavy (non-hydrogen) atoms. The number of Topliss-reactive ketones (excluding diaryl/α,β-unsaturated/α-hetero) is 1. The van der Waals surface area contributed by atoms with E-state index in [1.165, 1.54) is 0 Å². The van der Waals surface area contributed by atoms with Crippen LogP contribution in [0.4, 0.5) is 4.39 Å². The molecule has 1 rings (SSSR count). The molecule has 5 heteroatoms. The summed E-state index contributed by atoms with van der Waals surface area (Å²) in [5.41, 5.74) is 0.753. The first kappa shape index (κ1) is 13.8. The second-order valence-corrected chi connectivity index (χ2v) is 3.51. The van der Waals surface area contributed by atoms with Gasteiger partial charge in [0.15, 0.2) is 12.5 Å². The molecule has 0 heterocycles. The zero-order valence-electron chi connectivity index (χ0n) is 8.04. The van der Waals surface area contributed by atoms with Crippen molar-refractivity contribution >= 4 is 27.7 Å². The first-order valence-corrected chi connectivity index (χ1v) is 4.81. The Kier molecular flexibility index (Phi) is 6.53. The summed E-state index contributed by atoms with van der Waals surface area (Å²) in [5, 5.41) is 7.35. The quantitative estimate of drug-likeness (QED) is 0.845. The van der Waals surface area contributed by atoms with E-state index in [9.17, 15) is 9.18 Å². The van der Waals surface area contributed by atoms with E-state index in [1.54, 1.807) is 19.1 Å². The van der Waals surface area contributed by atoms with Gasteiger partial charge >= 0.3 is 5.97 Å². The Bertz CT molecular complexity index is 335. The molecule has 0 atom stereocenters. The minimum absolute atomic E-state index is 0.104. The van der Waals surface area contributed by atoms with Crippen molar-refractivity contribution in [2.45, 2.75) is 6.92 Å². The van der Waals surface area contributed by atoms with Crippen LogP contribution in [-0.4, -0.2) is 23.5 Å². The van der Waals surface area contributed by atoms with Crippen LogP contribution in [-0.2, 0) is 4.79 Å². The third-order valence-electron chi connectivity index (χ3n) is 1.37. The van der Waals surface area contributed by atoms with Crippen LogP contribution in [0, 0.1) is 0 Å². The Morgan fingerprint density at radius 1 is 1.33 bits per heavy atom. The van der Waals surface area contributed by atoms with E-state index in [4.69, 9.17) is 9.90 Å². The molecule has 0 spiro atoms. The zero-order valence-corrected chi connectivity index (χ0v) is 9.62. The highest BCUT2D eigenvalue weighted by molar-refractivity contribution is 9.10. The van der Waals surface area contributed by atoms with Crippen molar-refractivity contribution in [3.05, 3.63) is 34.3 Å². The number of aliphatic carboxylic acids is 1. The lowest BCUT2D eigenvalue weighted by Gasteiger charge is -1.92. The molecule has 0 amide bonds. The number of carboxylic acid groups (broad SMARTS) is 1. The standard InChI is InChI=1S/C8H7BrO.C2H3FO2/c1-6(10)7-2-4-8(9)5-3-7;3-1-2(4)5/h2-5H,1H3;1H2,(H,4,5). The van der Waals surface area contributed by atoms with Crippen LogP contribution >= 0.6 is 15.9 Å². The van der Waals surface area contributed by atoms with Crippen molar-refractivity contribution in [1.29, 1.82) is 0 Å². The molecular formula is C10H10BrFO3. The Labute approximate surface area is 95.0 Å². The van der Waals surface area contributed by atoms with Crippen LogP contribution in [0.25, 0.3) is 0 Å². The number of rotatable bonds is 2. The Morgan fingerprint density at radius 2 is 1.73 bits per heavy atom. The van der Waals surface area contributed by atoms with Gasteiger partial charge in [0, 0.05) is 10.0 Å². The number of halogens is 2. The third-order valence-corrected chi connectivity index (χ3v) is 1.89. The molecule has 0 radical (unpaired) electrons. The molecule has 0 aliphatic carbocycles. The molecule has 0 aliphatic heterocycles. The predicted octanol–water partition coefficient (Wildman–Crippen LogP) is 2.69. The first-order chi connectivity index (χ1) is 6.97. The Morgan fingerprint density at radius 3 is 2.00 bits per heavy atom. The highest BCUT2D eigenvalue weighted by Gasteiger charge is 1.95. The average Bonchev–Trinajstić information content (AvgIpc) is 2.19. The van der Waals surface area contributed by atoms with Gasteiger partial charge in [-0.05, 0) is 19.1 Å². The number of carbonyl (C=O) groups excluding carboxylic acids is 1. The lowest BCUT2D eigenvalue weighted by Crippen LogP contribution is -1.93. The van der Waals surface area contributed by atoms with Crippen molar-refractivity contribution in [3.63, 3.8) is 0 Å². The van der Waals surface area contributed by atoms with Gasteiger partial charge in [-0.3, -0.25) is 4.79 Å². The number of carbonyl (C=O) groups is 2. The van der Waals surface area contributed by atoms with E-state index in [2.05, 4.69) is 15.9 Å². The molecule has 0 unspecified atom stereocenters. The maximum atomic E-state index is 10.7. The van der Waals surface area contributed by atoms with Gasteiger partial charge in [-0.15, -0.1) is 0 Å². The van der Waals surface area contributed by atoms with Gasteiger partial charge in [-0.2, -0.15) is 0 Å². The van der Waals surface area contributed by atoms with E-state index in [1.807, 2.05) is 12.1 Å². The molecule has 0 aromatic heterocycles. The van der Waals surface area contributed by atoms with E-state index in [-0.39, 0.29) is 5.78 Å². The number of hydrogen-bond acceptors (Lipinski definition) is 2. The van der Waals surface area contributed by atoms with E-state index in [0.29, 0.717) is 0 Å². The van der Waals surface area contributed by atoms with Gasteiger partial charge < -0.3 is 5.11 Å². The molecule has 1 N–H and O–H groups in total.